The highest BCUT2D eigenvalue weighted by atomic mass is 32.2. The van der Waals surface area contributed by atoms with Crippen LogP contribution in [0.15, 0.2) is 24.3 Å². The smallest absolute Gasteiger partial charge is 0.229 e. The van der Waals surface area contributed by atoms with Crippen LogP contribution in [0, 0.1) is 5.92 Å². The molecule has 0 bridgehead atoms. The lowest BCUT2D eigenvalue weighted by Crippen LogP contribution is -2.25. The molecule has 7 heteroatoms. The van der Waals surface area contributed by atoms with Crippen LogP contribution in [0.25, 0.3) is 0 Å². The van der Waals surface area contributed by atoms with Gasteiger partial charge in [-0.15, -0.1) is 0 Å². The minimum atomic E-state index is -3.35. The SMILES string of the molecule is CCCCCCCC(CC(=O)c1ccc(NS(C)(=O)=O)cc1)C(N)=O. The summed E-state index contributed by atoms with van der Waals surface area (Å²) in [5.74, 6) is -1.06. The lowest BCUT2D eigenvalue weighted by atomic mass is 9.92. The van der Waals surface area contributed by atoms with E-state index < -0.39 is 21.8 Å². The molecule has 1 amide bonds. The number of nitrogens with two attached hydrogens (primary N) is 1. The van der Waals surface area contributed by atoms with Crippen LogP contribution in [0.3, 0.4) is 0 Å². The number of rotatable bonds is 12. The molecule has 0 saturated carbocycles. The second kappa shape index (κ2) is 10.2. The highest BCUT2D eigenvalue weighted by molar-refractivity contribution is 7.92. The van der Waals surface area contributed by atoms with Gasteiger partial charge in [0.15, 0.2) is 5.78 Å². The number of unbranched alkanes of at least 4 members (excludes halogenated alkanes) is 4. The third kappa shape index (κ3) is 8.67. The summed E-state index contributed by atoms with van der Waals surface area (Å²) in [4.78, 5) is 23.9. The molecule has 1 rings (SSSR count). The molecule has 3 N–H and O–H groups in total. The van der Waals surface area contributed by atoms with Crippen molar-refractivity contribution in [3.05, 3.63) is 29.8 Å². The van der Waals surface area contributed by atoms with Gasteiger partial charge in [-0.05, 0) is 30.7 Å². The van der Waals surface area contributed by atoms with Crippen molar-refractivity contribution in [2.75, 3.05) is 11.0 Å². The summed E-state index contributed by atoms with van der Waals surface area (Å²) >= 11 is 0. The molecule has 1 aromatic carbocycles. The predicted molar refractivity (Wildman–Crippen MR) is 99.9 cm³/mol. The van der Waals surface area contributed by atoms with E-state index in [9.17, 15) is 18.0 Å². The highest BCUT2D eigenvalue weighted by Crippen LogP contribution is 2.19. The van der Waals surface area contributed by atoms with Gasteiger partial charge in [0.25, 0.3) is 0 Å². The summed E-state index contributed by atoms with van der Waals surface area (Å²) in [6.45, 7) is 2.14. The first-order valence-corrected chi connectivity index (χ1v) is 10.5. The highest BCUT2D eigenvalue weighted by Gasteiger charge is 2.20. The van der Waals surface area contributed by atoms with Gasteiger partial charge in [-0.3, -0.25) is 14.3 Å². The van der Waals surface area contributed by atoms with E-state index >= 15 is 0 Å². The molecule has 25 heavy (non-hydrogen) atoms. The Bertz CT molecular complexity index is 669. The number of ketones is 1. The number of amides is 1. The third-order valence-corrected chi connectivity index (χ3v) is 4.61. The Morgan fingerprint density at radius 2 is 1.68 bits per heavy atom. The van der Waals surface area contributed by atoms with E-state index in [4.69, 9.17) is 5.73 Å². The Hall–Kier alpha value is -1.89. The van der Waals surface area contributed by atoms with Crippen molar-refractivity contribution in [1.82, 2.24) is 0 Å². The summed E-state index contributed by atoms with van der Waals surface area (Å²) in [5, 5.41) is 0. The summed E-state index contributed by atoms with van der Waals surface area (Å²) in [6.07, 6.45) is 7.15. The predicted octanol–water partition coefficient (Wildman–Crippen LogP) is 3.09. The number of hydrogen-bond acceptors (Lipinski definition) is 4. The van der Waals surface area contributed by atoms with Crippen molar-refractivity contribution in [3.8, 4) is 0 Å². The van der Waals surface area contributed by atoms with Crippen LogP contribution in [-0.2, 0) is 14.8 Å². The minimum Gasteiger partial charge on any atom is -0.369 e. The monoisotopic (exact) mass is 368 g/mol. The maximum absolute atomic E-state index is 12.3. The molecule has 1 unspecified atom stereocenters. The van der Waals surface area contributed by atoms with Crippen molar-refractivity contribution in [2.24, 2.45) is 11.7 Å². The number of hydrogen-bond donors (Lipinski definition) is 2. The summed E-state index contributed by atoms with van der Waals surface area (Å²) in [5.41, 5.74) is 6.26. The maximum Gasteiger partial charge on any atom is 0.229 e. The van der Waals surface area contributed by atoms with Crippen LogP contribution >= 0.6 is 0 Å². The third-order valence-electron chi connectivity index (χ3n) is 4.00. The Morgan fingerprint density at radius 3 is 2.20 bits per heavy atom. The summed E-state index contributed by atoms with van der Waals surface area (Å²) in [7, 11) is -3.35. The van der Waals surface area contributed by atoms with Gasteiger partial charge >= 0.3 is 0 Å². The standard InChI is InChI=1S/C18H28N2O4S/c1-3-4-5-6-7-8-15(18(19)22)13-17(21)14-9-11-16(12-10-14)20-25(2,23)24/h9-12,15,20H,3-8,13H2,1-2H3,(H2,19,22). The lowest BCUT2D eigenvalue weighted by molar-refractivity contribution is -0.122. The minimum absolute atomic E-state index is 0.0853. The number of benzene rings is 1. The van der Waals surface area contributed by atoms with E-state index in [2.05, 4.69) is 11.6 Å². The molecule has 1 aromatic rings. The number of carbonyl (C=O) groups excluding carboxylic acids is 2. The van der Waals surface area contributed by atoms with E-state index in [-0.39, 0.29) is 12.2 Å². The normalized spacial score (nSPS) is 12.6. The van der Waals surface area contributed by atoms with Crippen molar-refractivity contribution in [3.63, 3.8) is 0 Å². The second-order valence-corrected chi connectivity index (χ2v) is 8.13. The topological polar surface area (TPSA) is 106 Å². The van der Waals surface area contributed by atoms with Gasteiger partial charge < -0.3 is 5.73 Å². The second-order valence-electron chi connectivity index (χ2n) is 6.38. The van der Waals surface area contributed by atoms with Crippen LogP contribution in [0.2, 0.25) is 0 Å². The van der Waals surface area contributed by atoms with E-state index in [1.165, 1.54) is 18.6 Å². The van der Waals surface area contributed by atoms with E-state index in [0.29, 0.717) is 17.7 Å². The molecule has 0 aliphatic carbocycles. The molecule has 0 aliphatic rings. The number of Topliss-reactive ketones (excluding diaryl/α,β-unsaturated/α-hetero) is 1. The molecule has 0 spiro atoms. The number of carbonyl (C=O) groups is 2. The van der Waals surface area contributed by atoms with E-state index in [1.807, 2.05) is 0 Å². The molecule has 0 aliphatic heterocycles. The fraction of sp³-hybridized carbons (Fsp3) is 0.556. The number of nitrogens with one attached hydrogen (secondary N) is 1. The average Bonchev–Trinajstić information content (AvgIpc) is 2.52. The van der Waals surface area contributed by atoms with Gasteiger partial charge in [-0.2, -0.15) is 0 Å². The Kier molecular flexibility index (Phi) is 8.61. The number of primary amides is 1. The maximum atomic E-state index is 12.3. The quantitative estimate of drug-likeness (QED) is 0.437. The molecule has 0 aromatic heterocycles. The Morgan fingerprint density at radius 1 is 1.08 bits per heavy atom. The fourth-order valence-corrected chi connectivity index (χ4v) is 3.18. The van der Waals surface area contributed by atoms with Crippen molar-refractivity contribution in [2.45, 2.75) is 51.9 Å². The lowest BCUT2D eigenvalue weighted by Gasteiger charge is -2.13. The molecule has 0 heterocycles. The van der Waals surface area contributed by atoms with Crippen LogP contribution in [0.5, 0.6) is 0 Å². The molecular formula is C18H28N2O4S. The van der Waals surface area contributed by atoms with Gasteiger partial charge in [0.05, 0.1) is 6.26 Å². The van der Waals surface area contributed by atoms with Gasteiger partial charge in [-0.25, -0.2) is 8.42 Å². The number of sulfonamides is 1. The zero-order chi connectivity index (χ0) is 18.9. The fourth-order valence-electron chi connectivity index (χ4n) is 2.62. The molecular weight excluding hydrogens is 340 g/mol. The number of anilines is 1. The average molecular weight is 368 g/mol. The molecule has 6 nitrogen and oxygen atoms in total. The Balaban J connectivity index is 2.60. The largest absolute Gasteiger partial charge is 0.369 e. The molecule has 0 saturated heterocycles. The molecule has 0 fully saturated rings. The van der Waals surface area contributed by atoms with Crippen LogP contribution in [0.4, 0.5) is 5.69 Å². The zero-order valence-electron chi connectivity index (χ0n) is 15.0. The zero-order valence-corrected chi connectivity index (χ0v) is 15.8. The first kappa shape index (κ1) is 21.2. The summed E-state index contributed by atoms with van der Waals surface area (Å²) < 4.78 is 24.7. The van der Waals surface area contributed by atoms with Gasteiger partial charge in [-0.1, -0.05) is 39.0 Å². The molecule has 140 valence electrons. The van der Waals surface area contributed by atoms with Gasteiger partial charge in [0.2, 0.25) is 15.9 Å². The van der Waals surface area contributed by atoms with Crippen LogP contribution in [-0.4, -0.2) is 26.4 Å². The Labute approximate surface area is 150 Å². The van der Waals surface area contributed by atoms with Crippen LogP contribution in [0.1, 0.15) is 62.2 Å². The van der Waals surface area contributed by atoms with Gasteiger partial charge in [0.1, 0.15) is 0 Å². The first-order chi connectivity index (χ1) is 11.7. The molecule has 0 radical (unpaired) electrons. The van der Waals surface area contributed by atoms with E-state index in [0.717, 1.165) is 31.9 Å². The summed E-state index contributed by atoms with van der Waals surface area (Å²) in [6, 6.07) is 6.15. The first-order valence-electron chi connectivity index (χ1n) is 8.63. The van der Waals surface area contributed by atoms with Crippen molar-refractivity contribution in [1.29, 1.82) is 0 Å². The van der Waals surface area contributed by atoms with Crippen molar-refractivity contribution < 1.29 is 18.0 Å². The van der Waals surface area contributed by atoms with Crippen LogP contribution < -0.4 is 10.5 Å². The van der Waals surface area contributed by atoms with Gasteiger partial charge in [0, 0.05) is 23.6 Å². The molecule has 1 atom stereocenters. The van der Waals surface area contributed by atoms with E-state index in [1.54, 1.807) is 12.1 Å². The van der Waals surface area contributed by atoms with Crippen molar-refractivity contribution >= 4 is 27.4 Å².